The first kappa shape index (κ1) is 19.4. The molecule has 0 aliphatic rings. The van der Waals surface area contributed by atoms with Crippen LogP contribution in [0.3, 0.4) is 0 Å². The van der Waals surface area contributed by atoms with Crippen LogP contribution < -0.4 is 10.1 Å². The van der Waals surface area contributed by atoms with E-state index >= 15 is 0 Å². The number of hydrogen-bond acceptors (Lipinski definition) is 4. The van der Waals surface area contributed by atoms with Crippen LogP contribution in [0, 0.1) is 27.7 Å². The summed E-state index contributed by atoms with van der Waals surface area (Å²) >= 11 is 7.39. The minimum atomic E-state index is -0.250. The maximum absolute atomic E-state index is 12.2. The van der Waals surface area contributed by atoms with E-state index in [4.69, 9.17) is 16.3 Å². The molecule has 6 heteroatoms. The predicted octanol–water partition coefficient (Wildman–Crippen LogP) is 5.71. The van der Waals surface area contributed by atoms with Gasteiger partial charge >= 0.3 is 0 Å². The van der Waals surface area contributed by atoms with Crippen LogP contribution in [0.5, 0.6) is 5.75 Å². The van der Waals surface area contributed by atoms with E-state index in [1.807, 2.05) is 12.3 Å². The Hall–Kier alpha value is -2.37. The fourth-order valence-corrected chi connectivity index (χ4v) is 3.55. The Labute approximate surface area is 168 Å². The molecule has 140 valence electrons. The summed E-state index contributed by atoms with van der Waals surface area (Å²) in [6, 6.07) is 9.59. The van der Waals surface area contributed by atoms with E-state index in [1.165, 1.54) is 28.0 Å². The molecule has 0 atom stereocenters. The highest BCUT2D eigenvalue weighted by Gasteiger charge is 2.11. The normalized spacial score (nSPS) is 10.7. The van der Waals surface area contributed by atoms with Gasteiger partial charge in [-0.25, -0.2) is 4.98 Å². The van der Waals surface area contributed by atoms with Gasteiger partial charge < -0.3 is 4.74 Å². The van der Waals surface area contributed by atoms with Crippen molar-refractivity contribution in [2.45, 2.75) is 27.7 Å². The lowest BCUT2D eigenvalue weighted by Gasteiger charge is -2.08. The van der Waals surface area contributed by atoms with E-state index in [1.54, 1.807) is 18.2 Å². The van der Waals surface area contributed by atoms with Crippen molar-refractivity contribution in [3.05, 3.63) is 63.0 Å². The number of aromatic nitrogens is 1. The monoisotopic (exact) mass is 400 g/mol. The second kappa shape index (κ2) is 8.11. The molecule has 3 rings (SSSR count). The molecule has 0 unspecified atom stereocenters. The van der Waals surface area contributed by atoms with Crippen molar-refractivity contribution in [2.75, 3.05) is 11.9 Å². The number of carbonyl (C=O) groups is 1. The van der Waals surface area contributed by atoms with Gasteiger partial charge in [-0.15, -0.1) is 11.3 Å². The van der Waals surface area contributed by atoms with Gasteiger partial charge in [-0.1, -0.05) is 17.7 Å². The van der Waals surface area contributed by atoms with E-state index in [0.29, 0.717) is 15.9 Å². The minimum Gasteiger partial charge on any atom is -0.484 e. The molecule has 1 N–H and O–H groups in total. The van der Waals surface area contributed by atoms with Gasteiger partial charge in [-0.2, -0.15) is 0 Å². The van der Waals surface area contributed by atoms with Gasteiger partial charge in [0.15, 0.2) is 11.7 Å². The van der Waals surface area contributed by atoms with E-state index in [-0.39, 0.29) is 12.5 Å². The Kier molecular flexibility index (Phi) is 5.82. The summed E-state index contributed by atoms with van der Waals surface area (Å²) < 4.78 is 5.52. The molecular weight excluding hydrogens is 380 g/mol. The fourth-order valence-electron chi connectivity index (χ4n) is 2.70. The third-order valence-electron chi connectivity index (χ3n) is 4.37. The van der Waals surface area contributed by atoms with E-state index in [9.17, 15) is 4.79 Å². The smallest absolute Gasteiger partial charge is 0.264 e. The summed E-state index contributed by atoms with van der Waals surface area (Å²) in [5, 5.41) is 5.97. The van der Waals surface area contributed by atoms with E-state index in [2.05, 4.69) is 43.2 Å². The molecule has 0 radical (unpaired) electrons. The van der Waals surface area contributed by atoms with Crippen LogP contribution in [0.1, 0.15) is 22.3 Å². The molecule has 2 aromatic carbocycles. The Balaban J connectivity index is 1.64. The van der Waals surface area contributed by atoms with Crippen LogP contribution >= 0.6 is 22.9 Å². The predicted molar refractivity (Wildman–Crippen MR) is 112 cm³/mol. The summed E-state index contributed by atoms with van der Waals surface area (Å²) in [6.45, 7) is 8.06. The maximum atomic E-state index is 12.2. The van der Waals surface area contributed by atoms with E-state index < -0.39 is 0 Å². The fraction of sp³-hybridized carbons (Fsp3) is 0.238. The molecule has 0 aliphatic heterocycles. The molecule has 0 saturated heterocycles. The average molecular weight is 401 g/mol. The molecule has 0 aliphatic carbocycles. The second-order valence-electron chi connectivity index (χ2n) is 6.54. The van der Waals surface area contributed by atoms with Crippen LogP contribution in [0.4, 0.5) is 5.13 Å². The molecule has 27 heavy (non-hydrogen) atoms. The zero-order valence-electron chi connectivity index (χ0n) is 15.7. The average Bonchev–Trinajstić information content (AvgIpc) is 3.07. The molecule has 4 nitrogen and oxygen atoms in total. The first-order valence-electron chi connectivity index (χ1n) is 8.56. The van der Waals surface area contributed by atoms with Crippen molar-refractivity contribution in [2.24, 2.45) is 0 Å². The molecule has 0 saturated carbocycles. The van der Waals surface area contributed by atoms with Gasteiger partial charge in [0.25, 0.3) is 5.91 Å². The third-order valence-corrected chi connectivity index (χ3v) is 5.55. The number of carbonyl (C=O) groups excluding carboxylic acids is 1. The molecule has 1 aromatic heterocycles. The van der Waals surface area contributed by atoms with Crippen LogP contribution in [-0.2, 0) is 4.79 Å². The number of hydrogen-bond donors (Lipinski definition) is 1. The SMILES string of the molecule is Cc1cc(C)c(-c2csc(NC(=O)COc3ccc(Cl)c(C)c3)n2)cc1C. The standard InChI is InChI=1S/C21H21ClN2O2S/c1-12-7-14(3)17(9-13(12)2)19-11-27-21(23-19)24-20(25)10-26-16-5-6-18(22)15(4)8-16/h5-9,11H,10H2,1-4H3,(H,23,24,25). The number of rotatable bonds is 5. The van der Waals surface area contributed by atoms with Gasteiger partial charge in [-0.05, 0) is 74.2 Å². The molecule has 3 aromatic rings. The van der Waals surface area contributed by atoms with Crippen LogP contribution in [0.2, 0.25) is 5.02 Å². The number of ether oxygens (including phenoxy) is 1. The number of benzene rings is 2. The number of amides is 1. The van der Waals surface area contributed by atoms with Gasteiger partial charge in [0, 0.05) is 16.0 Å². The Morgan fingerprint density at radius 1 is 1.07 bits per heavy atom. The lowest BCUT2D eigenvalue weighted by molar-refractivity contribution is -0.118. The molecule has 1 heterocycles. The zero-order valence-corrected chi connectivity index (χ0v) is 17.3. The van der Waals surface area contributed by atoms with Crippen LogP contribution in [0.25, 0.3) is 11.3 Å². The van der Waals surface area contributed by atoms with Crippen molar-refractivity contribution >= 4 is 34.0 Å². The summed E-state index contributed by atoms with van der Waals surface area (Å²) in [6.07, 6.45) is 0. The van der Waals surface area contributed by atoms with Crippen molar-refractivity contribution in [1.29, 1.82) is 0 Å². The molecule has 0 spiro atoms. The highest BCUT2D eigenvalue weighted by molar-refractivity contribution is 7.14. The van der Waals surface area contributed by atoms with E-state index in [0.717, 1.165) is 16.8 Å². The number of thiazole rings is 1. The highest BCUT2D eigenvalue weighted by atomic mass is 35.5. The van der Waals surface area contributed by atoms with Crippen molar-refractivity contribution in [1.82, 2.24) is 4.98 Å². The number of halogens is 1. The number of anilines is 1. The molecule has 0 bridgehead atoms. The first-order chi connectivity index (χ1) is 12.8. The Morgan fingerprint density at radius 2 is 1.81 bits per heavy atom. The lowest BCUT2D eigenvalue weighted by Crippen LogP contribution is -2.20. The number of nitrogens with one attached hydrogen (secondary N) is 1. The summed E-state index contributed by atoms with van der Waals surface area (Å²) in [4.78, 5) is 16.7. The van der Waals surface area contributed by atoms with Crippen molar-refractivity contribution < 1.29 is 9.53 Å². The van der Waals surface area contributed by atoms with Gasteiger partial charge in [0.05, 0.1) is 5.69 Å². The third kappa shape index (κ3) is 4.67. The van der Waals surface area contributed by atoms with Crippen molar-refractivity contribution in [3.63, 3.8) is 0 Å². The summed E-state index contributed by atoms with van der Waals surface area (Å²) in [7, 11) is 0. The number of aryl methyl sites for hydroxylation is 4. The highest BCUT2D eigenvalue weighted by Crippen LogP contribution is 2.29. The summed E-state index contributed by atoms with van der Waals surface area (Å²) in [5.41, 5.74) is 6.51. The molecular formula is C21H21ClN2O2S. The van der Waals surface area contributed by atoms with Crippen LogP contribution in [-0.4, -0.2) is 17.5 Å². The van der Waals surface area contributed by atoms with Gasteiger partial charge in [-0.3, -0.25) is 10.1 Å². The van der Waals surface area contributed by atoms with Gasteiger partial charge in [0.1, 0.15) is 5.75 Å². The quantitative estimate of drug-likeness (QED) is 0.596. The Morgan fingerprint density at radius 3 is 2.56 bits per heavy atom. The molecule has 0 fully saturated rings. The first-order valence-corrected chi connectivity index (χ1v) is 9.82. The Bertz CT molecular complexity index is 998. The van der Waals surface area contributed by atoms with Crippen LogP contribution in [0.15, 0.2) is 35.7 Å². The number of nitrogens with zero attached hydrogens (tertiary/aromatic N) is 1. The summed E-state index contributed by atoms with van der Waals surface area (Å²) in [5.74, 6) is 0.359. The van der Waals surface area contributed by atoms with Crippen molar-refractivity contribution in [3.8, 4) is 17.0 Å². The topological polar surface area (TPSA) is 51.2 Å². The maximum Gasteiger partial charge on any atom is 0.264 e. The van der Waals surface area contributed by atoms with Gasteiger partial charge in [0.2, 0.25) is 0 Å². The second-order valence-corrected chi connectivity index (χ2v) is 7.80. The lowest BCUT2D eigenvalue weighted by atomic mass is 9.99. The minimum absolute atomic E-state index is 0.0847. The largest absolute Gasteiger partial charge is 0.484 e. The zero-order chi connectivity index (χ0) is 19.6. The molecule has 1 amide bonds.